The normalized spacial score (nSPS) is 12.1. The molecule has 24 heavy (non-hydrogen) atoms. The number of rotatable bonds is 2. The average Bonchev–Trinajstić information content (AvgIpc) is 3.14. The minimum absolute atomic E-state index is 0.411. The monoisotopic (exact) mass is 328 g/mol. The summed E-state index contributed by atoms with van der Waals surface area (Å²) < 4.78 is 7.99. The van der Waals surface area contributed by atoms with E-state index in [1.807, 2.05) is 0 Å². The van der Waals surface area contributed by atoms with Crippen LogP contribution in [0.2, 0.25) is 0 Å². The van der Waals surface area contributed by atoms with Crippen molar-refractivity contribution in [1.82, 2.24) is 24.4 Å². The summed E-state index contributed by atoms with van der Waals surface area (Å²) in [5, 5.41) is 19.9. The number of ether oxygens (including phenoxy) is 1. The SMILES string of the molecule is CC(C)(C)OC(=O)n1cc(-c2nc(C=NO)cn3nccc23)cn1. The van der Waals surface area contributed by atoms with Gasteiger partial charge in [0.15, 0.2) is 0 Å². The Bertz CT molecular complexity index is 919. The maximum Gasteiger partial charge on any atom is 0.435 e. The molecule has 0 fully saturated rings. The summed E-state index contributed by atoms with van der Waals surface area (Å²) in [6.45, 7) is 5.35. The summed E-state index contributed by atoms with van der Waals surface area (Å²) in [7, 11) is 0. The second kappa shape index (κ2) is 5.76. The standard InChI is InChI=1S/C15H16N6O3/c1-15(2,3)24-14(22)21-8-10(6-17-21)13-12-4-5-16-20(12)9-11(19-13)7-18-23/h4-9,23H,1-3H3. The van der Waals surface area contributed by atoms with Crippen LogP contribution < -0.4 is 0 Å². The highest BCUT2D eigenvalue weighted by molar-refractivity contribution is 5.83. The van der Waals surface area contributed by atoms with Crippen molar-refractivity contribution < 1.29 is 14.7 Å². The molecule has 124 valence electrons. The van der Waals surface area contributed by atoms with E-state index in [0.717, 1.165) is 10.2 Å². The van der Waals surface area contributed by atoms with Crippen LogP contribution in [0.3, 0.4) is 0 Å². The predicted molar refractivity (Wildman–Crippen MR) is 85.2 cm³/mol. The van der Waals surface area contributed by atoms with Crippen molar-refractivity contribution in [2.75, 3.05) is 0 Å². The summed E-state index contributed by atoms with van der Waals surface area (Å²) in [4.78, 5) is 16.5. The average molecular weight is 328 g/mol. The third-order valence-corrected chi connectivity index (χ3v) is 3.03. The Morgan fingerprint density at radius 2 is 2.12 bits per heavy atom. The Kier molecular flexibility index (Phi) is 3.76. The number of oxime groups is 1. The molecule has 0 saturated heterocycles. The van der Waals surface area contributed by atoms with E-state index in [-0.39, 0.29) is 0 Å². The number of nitrogens with zero attached hydrogens (tertiary/aromatic N) is 6. The molecule has 0 aliphatic rings. The Balaban J connectivity index is 2.02. The fraction of sp³-hybridized carbons (Fsp3) is 0.267. The fourth-order valence-corrected chi connectivity index (χ4v) is 2.13. The maximum atomic E-state index is 12.1. The molecule has 0 spiro atoms. The van der Waals surface area contributed by atoms with Crippen molar-refractivity contribution >= 4 is 17.8 Å². The zero-order chi connectivity index (χ0) is 17.3. The summed E-state index contributed by atoms with van der Waals surface area (Å²) >= 11 is 0. The summed E-state index contributed by atoms with van der Waals surface area (Å²) in [5.41, 5.74) is 1.69. The van der Waals surface area contributed by atoms with E-state index in [1.54, 1.807) is 43.7 Å². The molecule has 3 aromatic rings. The zero-order valence-corrected chi connectivity index (χ0v) is 13.4. The lowest BCUT2D eigenvalue weighted by Gasteiger charge is -2.18. The van der Waals surface area contributed by atoms with Gasteiger partial charge in [0.05, 0.1) is 36.0 Å². The molecular weight excluding hydrogens is 312 g/mol. The van der Waals surface area contributed by atoms with E-state index < -0.39 is 11.7 Å². The minimum atomic E-state index is -0.613. The first-order valence-corrected chi connectivity index (χ1v) is 7.17. The van der Waals surface area contributed by atoms with Crippen molar-refractivity contribution in [1.29, 1.82) is 0 Å². The van der Waals surface area contributed by atoms with Crippen LogP contribution in [0.4, 0.5) is 4.79 Å². The number of carbonyl (C=O) groups excluding carboxylic acids is 1. The Morgan fingerprint density at radius 3 is 2.83 bits per heavy atom. The maximum absolute atomic E-state index is 12.1. The van der Waals surface area contributed by atoms with Crippen LogP contribution in [-0.2, 0) is 4.74 Å². The van der Waals surface area contributed by atoms with Gasteiger partial charge in [-0.2, -0.15) is 14.9 Å². The molecule has 3 heterocycles. The summed E-state index contributed by atoms with van der Waals surface area (Å²) in [6.07, 6.45) is 6.91. The zero-order valence-electron chi connectivity index (χ0n) is 13.4. The molecule has 0 radical (unpaired) electrons. The molecule has 0 atom stereocenters. The Hall–Kier alpha value is -3.23. The van der Waals surface area contributed by atoms with Gasteiger partial charge in [0.25, 0.3) is 0 Å². The molecule has 3 rings (SSSR count). The van der Waals surface area contributed by atoms with Gasteiger partial charge in [0, 0.05) is 11.8 Å². The van der Waals surface area contributed by atoms with Crippen molar-refractivity contribution in [2.24, 2.45) is 5.16 Å². The molecule has 3 aromatic heterocycles. The molecule has 0 aromatic carbocycles. The van der Waals surface area contributed by atoms with Gasteiger partial charge >= 0.3 is 6.09 Å². The van der Waals surface area contributed by atoms with Gasteiger partial charge in [-0.05, 0) is 26.8 Å². The van der Waals surface area contributed by atoms with Crippen molar-refractivity contribution in [3.8, 4) is 11.3 Å². The second-order valence-corrected chi connectivity index (χ2v) is 6.07. The number of hydrogen-bond donors (Lipinski definition) is 1. The quantitative estimate of drug-likeness (QED) is 0.439. The molecule has 0 aliphatic carbocycles. The van der Waals surface area contributed by atoms with Crippen LogP contribution in [-0.4, -0.2) is 47.5 Å². The van der Waals surface area contributed by atoms with Crippen LogP contribution in [0.5, 0.6) is 0 Å². The van der Waals surface area contributed by atoms with Gasteiger partial charge in [-0.1, -0.05) is 5.16 Å². The van der Waals surface area contributed by atoms with E-state index >= 15 is 0 Å². The lowest BCUT2D eigenvalue weighted by molar-refractivity contribution is 0.0514. The van der Waals surface area contributed by atoms with Crippen LogP contribution in [0.1, 0.15) is 26.5 Å². The summed E-state index contributed by atoms with van der Waals surface area (Å²) in [5.74, 6) is 0. The highest BCUT2D eigenvalue weighted by Crippen LogP contribution is 2.22. The third kappa shape index (κ3) is 3.09. The highest BCUT2D eigenvalue weighted by atomic mass is 16.6. The molecule has 0 unspecified atom stereocenters. The van der Waals surface area contributed by atoms with Crippen LogP contribution in [0.25, 0.3) is 16.8 Å². The van der Waals surface area contributed by atoms with Gasteiger partial charge < -0.3 is 9.94 Å². The van der Waals surface area contributed by atoms with Crippen LogP contribution in [0, 0.1) is 0 Å². The first-order valence-electron chi connectivity index (χ1n) is 7.17. The van der Waals surface area contributed by atoms with E-state index in [4.69, 9.17) is 9.94 Å². The van der Waals surface area contributed by atoms with E-state index in [2.05, 4.69) is 20.3 Å². The van der Waals surface area contributed by atoms with Gasteiger partial charge in [0.1, 0.15) is 11.3 Å². The van der Waals surface area contributed by atoms with Gasteiger partial charge in [-0.15, -0.1) is 0 Å². The first-order chi connectivity index (χ1) is 11.4. The van der Waals surface area contributed by atoms with Crippen LogP contribution >= 0.6 is 0 Å². The van der Waals surface area contributed by atoms with Gasteiger partial charge in [-0.25, -0.2) is 14.3 Å². The largest absolute Gasteiger partial charge is 0.442 e. The highest BCUT2D eigenvalue weighted by Gasteiger charge is 2.19. The fourth-order valence-electron chi connectivity index (χ4n) is 2.13. The number of carbonyl (C=O) groups is 1. The van der Waals surface area contributed by atoms with Crippen molar-refractivity contribution in [3.05, 3.63) is 36.5 Å². The molecule has 0 bridgehead atoms. The Morgan fingerprint density at radius 1 is 1.33 bits per heavy atom. The topological polar surface area (TPSA) is 107 Å². The summed E-state index contributed by atoms with van der Waals surface area (Å²) in [6, 6.07) is 1.78. The van der Waals surface area contributed by atoms with E-state index in [1.165, 1.54) is 18.6 Å². The lowest BCUT2D eigenvalue weighted by atomic mass is 10.2. The Labute approximate surface area is 137 Å². The third-order valence-electron chi connectivity index (χ3n) is 3.03. The molecule has 0 saturated carbocycles. The lowest BCUT2D eigenvalue weighted by Crippen LogP contribution is -2.27. The molecule has 9 heteroatoms. The minimum Gasteiger partial charge on any atom is -0.442 e. The second-order valence-electron chi connectivity index (χ2n) is 6.07. The first kappa shape index (κ1) is 15.7. The molecule has 9 nitrogen and oxygen atoms in total. The van der Waals surface area contributed by atoms with E-state index in [0.29, 0.717) is 17.0 Å². The number of fused-ring (bicyclic) bond motifs is 1. The number of hydrogen-bond acceptors (Lipinski definition) is 7. The van der Waals surface area contributed by atoms with Crippen molar-refractivity contribution in [2.45, 2.75) is 26.4 Å². The molecule has 0 amide bonds. The molecular formula is C15H16N6O3. The van der Waals surface area contributed by atoms with Gasteiger partial charge in [-0.3, -0.25) is 0 Å². The van der Waals surface area contributed by atoms with E-state index in [9.17, 15) is 4.79 Å². The smallest absolute Gasteiger partial charge is 0.435 e. The van der Waals surface area contributed by atoms with Gasteiger partial charge in [0.2, 0.25) is 0 Å². The van der Waals surface area contributed by atoms with Crippen LogP contribution in [0.15, 0.2) is 36.0 Å². The number of aromatic nitrogens is 5. The molecule has 0 aliphatic heterocycles. The predicted octanol–water partition coefficient (Wildman–Crippen LogP) is 2.18. The van der Waals surface area contributed by atoms with Crippen molar-refractivity contribution in [3.63, 3.8) is 0 Å². The molecule has 1 N–H and O–H groups in total.